The molecule has 0 spiro atoms. The fourth-order valence-corrected chi connectivity index (χ4v) is 4.66. The van der Waals surface area contributed by atoms with E-state index in [0.29, 0.717) is 49.5 Å². The van der Waals surface area contributed by atoms with Gasteiger partial charge < -0.3 is 13.9 Å². The Balaban J connectivity index is 1.33. The molecular formula is C28H26F6N2O6. The number of halogens is 6. The number of alkyl halides is 6. The van der Waals surface area contributed by atoms with Crippen molar-refractivity contribution in [3.8, 4) is 11.5 Å². The second kappa shape index (κ2) is 12.3. The Morgan fingerprint density at radius 2 is 1.71 bits per heavy atom. The molecule has 1 aliphatic rings. The standard InChI is InChI=1S/C28H26F6N2O6/c1-2-7-20-22(11-10-19-21(27(29,30)31)15-24(38)41-25(19)20)40-13-5-3-4-12-35-23(37)16-36(26(35)39)17-8-6-9-18(14-17)42-28(32,33)34/h6,8-11,14-15H,2-5,7,12-13,16H2,1H3. The minimum Gasteiger partial charge on any atom is -0.493 e. The fraction of sp³-hybridized carbons (Fsp3) is 0.393. The largest absolute Gasteiger partial charge is 0.573 e. The van der Waals surface area contributed by atoms with E-state index in [2.05, 4.69) is 4.74 Å². The number of rotatable bonds is 11. The molecule has 4 rings (SSSR count). The Morgan fingerprint density at radius 1 is 0.952 bits per heavy atom. The molecule has 0 radical (unpaired) electrons. The number of carbonyl (C=O) groups excluding carboxylic acids is 2. The molecule has 1 saturated heterocycles. The molecule has 226 valence electrons. The van der Waals surface area contributed by atoms with Crippen LogP contribution in [-0.2, 0) is 17.4 Å². The average molecular weight is 601 g/mol. The van der Waals surface area contributed by atoms with Crippen LogP contribution in [0.5, 0.6) is 11.5 Å². The molecule has 14 heteroatoms. The first-order chi connectivity index (χ1) is 19.8. The summed E-state index contributed by atoms with van der Waals surface area (Å²) in [6.45, 7) is 1.75. The molecular weight excluding hydrogens is 574 g/mol. The van der Waals surface area contributed by atoms with Gasteiger partial charge in [0.15, 0.2) is 0 Å². The third-order valence-corrected chi connectivity index (χ3v) is 6.48. The van der Waals surface area contributed by atoms with Gasteiger partial charge in [-0.3, -0.25) is 14.6 Å². The van der Waals surface area contributed by atoms with E-state index in [-0.39, 0.29) is 36.4 Å². The van der Waals surface area contributed by atoms with E-state index in [0.717, 1.165) is 21.9 Å². The molecule has 0 atom stereocenters. The smallest absolute Gasteiger partial charge is 0.493 e. The zero-order valence-corrected chi connectivity index (χ0v) is 22.3. The van der Waals surface area contributed by atoms with Gasteiger partial charge in [0.1, 0.15) is 23.6 Å². The summed E-state index contributed by atoms with van der Waals surface area (Å²) in [6.07, 6.45) is -7.35. The highest BCUT2D eigenvalue weighted by atomic mass is 19.4. The van der Waals surface area contributed by atoms with Crippen molar-refractivity contribution in [2.24, 2.45) is 0 Å². The number of amides is 3. The van der Waals surface area contributed by atoms with Crippen LogP contribution in [0.15, 0.2) is 51.7 Å². The summed E-state index contributed by atoms with van der Waals surface area (Å²) in [5.41, 5.74) is -1.92. The number of anilines is 1. The Morgan fingerprint density at radius 3 is 2.40 bits per heavy atom. The van der Waals surface area contributed by atoms with Crippen LogP contribution >= 0.6 is 0 Å². The highest BCUT2D eigenvalue weighted by Crippen LogP contribution is 2.37. The van der Waals surface area contributed by atoms with Gasteiger partial charge >= 0.3 is 24.2 Å². The molecule has 2 aromatic carbocycles. The van der Waals surface area contributed by atoms with Crippen LogP contribution in [0, 0.1) is 0 Å². The van der Waals surface area contributed by atoms with Crippen LogP contribution in [0.2, 0.25) is 0 Å². The highest BCUT2D eigenvalue weighted by Gasteiger charge is 2.37. The predicted octanol–water partition coefficient (Wildman–Crippen LogP) is 6.68. The summed E-state index contributed by atoms with van der Waals surface area (Å²) < 4.78 is 92.8. The van der Waals surface area contributed by atoms with Crippen LogP contribution in [0.4, 0.5) is 36.8 Å². The van der Waals surface area contributed by atoms with E-state index in [9.17, 15) is 40.7 Å². The summed E-state index contributed by atoms with van der Waals surface area (Å²) in [6, 6.07) is 7.15. The number of ether oxygens (including phenoxy) is 2. The van der Waals surface area contributed by atoms with E-state index < -0.39 is 41.4 Å². The van der Waals surface area contributed by atoms with Gasteiger partial charge in [0, 0.05) is 35.3 Å². The lowest BCUT2D eigenvalue weighted by Gasteiger charge is -2.18. The quantitative estimate of drug-likeness (QED) is 0.106. The Bertz CT molecular complexity index is 1520. The normalized spacial score (nSPS) is 14.3. The maximum atomic E-state index is 13.5. The molecule has 0 unspecified atom stereocenters. The van der Waals surface area contributed by atoms with Crippen molar-refractivity contribution in [1.82, 2.24) is 4.90 Å². The zero-order valence-electron chi connectivity index (χ0n) is 22.3. The molecule has 2 heterocycles. The number of benzene rings is 2. The van der Waals surface area contributed by atoms with E-state index >= 15 is 0 Å². The van der Waals surface area contributed by atoms with Crippen molar-refractivity contribution in [3.63, 3.8) is 0 Å². The minimum absolute atomic E-state index is 0.0787. The number of fused-ring (bicyclic) bond motifs is 1. The second-order valence-corrected chi connectivity index (χ2v) is 9.51. The second-order valence-electron chi connectivity index (χ2n) is 9.51. The maximum absolute atomic E-state index is 13.5. The van der Waals surface area contributed by atoms with Crippen LogP contribution in [-0.4, -0.2) is 42.9 Å². The molecule has 1 fully saturated rings. The molecule has 42 heavy (non-hydrogen) atoms. The first-order valence-electron chi connectivity index (χ1n) is 13.1. The van der Waals surface area contributed by atoms with Crippen LogP contribution in [0.3, 0.4) is 0 Å². The third kappa shape index (κ3) is 7.15. The van der Waals surface area contributed by atoms with Crippen molar-refractivity contribution in [3.05, 3.63) is 64.0 Å². The van der Waals surface area contributed by atoms with Crippen LogP contribution in [0.25, 0.3) is 11.0 Å². The SMILES string of the molecule is CCCc1c(OCCCCCN2C(=O)CN(c3cccc(OC(F)(F)F)c3)C2=O)ccc2c(C(F)(F)F)cc(=O)oc12. The van der Waals surface area contributed by atoms with Crippen molar-refractivity contribution < 1.29 is 49.8 Å². The summed E-state index contributed by atoms with van der Waals surface area (Å²) in [7, 11) is 0. The van der Waals surface area contributed by atoms with Gasteiger partial charge in [-0.25, -0.2) is 9.59 Å². The monoisotopic (exact) mass is 600 g/mol. The zero-order chi connectivity index (χ0) is 30.7. The molecule has 0 saturated carbocycles. The number of unbranched alkanes of at least 4 members (excludes halogenated alkanes) is 2. The van der Waals surface area contributed by atoms with Gasteiger partial charge in [-0.15, -0.1) is 13.2 Å². The summed E-state index contributed by atoms with van der Waals surface area (Å²) in [5, 5.41) is -0.230. The van der Waals surface area contributed by atoms with Gasteiger partial charge in [-0.1, -0.05) is 19.4 Å². The van der Waals surface area contributed by atoms with Crippen molar-refractivity contribution in [2.75, 3.05) is 24.6 Å². The van der Waals surface area contributed by atoms with Gasteiger partial charge in [0.05, 0.1) is 12.2 Å². The predicted molar refractivity (Wildman–Crippen MR) is 138 cm³/mol. The van der Waals surface area contributed by atoms with Gasteiger partial charge in [-0.05, 0) is 49.9 Å². The molecule has 1 aromatic heterocycles. The average Bonchev–Trinajstić information content (AvgIpc) is 3.18. The van der Waals surface area contributed by atoms with E-state index in [1.807, 2.05) is 6.92 Å². The number of carbonyl (C=O) groups is 2. The summed E-state index contributed by atoms with van der Waals surface area (Å²) >= 11 is 0. The molecule has 0 N–H and O–H groups in total. The molecule has 3 amide bonds. The topological polar surface area (TPSA) is 89.3 Å². The fourth-order valence-electron chi connectivity index (χ4n) is 4.66. The molecule has 0 bridgehead atoms. The summed E-state index contributed by atoms with van der Waals surface area (Å²) in [4.78, 5) is 39.1. The maximum Gasteiger partial charge on any atom is 0.573 e. The molecule has 8 nitrogen and oxygen atoms in total. The van der Waals surface area contributed by atoms with Crippen LogP contribution in [0.1, 0.15) is 43.7 Å². The minimum atomic E-state index is -4.91. The van der Waals surface area contributed by atoms with Crippen LogP contribution < -0.4 is 20.0 Å². The van der Waals surface area contributed by atoms with Crippen molar-refractivity contribution in [1.29, 1.82) is 0 Å². The van der Waals surface area contributed by atoms with Gasteiger partial charge in [-0.2, -0.15) is 13.2 Å². The summed E-state index contributed by atoms with van der Waals surface area (Å²) in [5.74, 6) is -0.724. The Hall–Kier alpha value is -4.23. The lowest BCUT2D eigenvalue weighted by atomic mass is 10.0. The number of urea groups is 1. The number of hydrogen-bond acceptors (Lipinski definition) is 6. The Labute approximate surface area is 235 Å². The highest BCUT2D eigenvalue weighted by molar-refractivity contribution is 6.12. The van der Waals surface area contributed by atoms with E-state index in [4.69, 9.17) is 9.15 Å². The number of aryl methyl sites for hydroxylation is 1. The molecule has 1 aliphatic heterocycles. The van der Waals surface area contributed by atoms with Gasteiger partial charge in [0.2, 0.25) is 0 Å². The van der Waals surface area contributed by atoms with E-state index in [1.54, 1.807) is 0 Å². The van der Waals surface area contributed by atoms with Crippen molar-refractivity contribution >= 4 is 28.6 Å². The number of imide groups is 1. The number of nitrogens with zero attached hydrogens (tertiary/aromatic N) is 2. The lowest BCUT2D eigenvalue weighted by Crippen LogP contribution is -2.33. The van der Waals surface area contributed by atoms with Crippen molar-refractivity contribution in [2.45, 2.75) is 51.6 Å². The third-order valence-electron chi connectivity index (χ3n) is 6.48. The lowest BCUT2D eigenvalue weighted by molar-refractivity contribution is -0.274. The van der Waals surface area contributed by atoms with E-state index in [1.165, 1.54) is 24.3 Å². The Kier molecular flexibility index (Phi) is 9.02. The molecule has 0 aliphatic carbocycles. The van der Waals surface area contributed by atoms with Gasteiger partial charge in [0.25, 0.3) is 5.91 Å². The molecule has 3 aromatic rings. The first kappa shape index (κ1) is 30.7. The first-order valence-corrected chi connectivity index (χ1v) is 13.1. The number of hydrogen-bond donors (Lipinski definition) is 0.